The van der Waals surface area contributed by atoms with Crippen molar-refractivity contribution in [3.8, 4) is 28.4 Å². The van der Waals surface area contributed by atoms with Crippen LogP contribution >= 0.6 is 0 Å². The van der Waals surface area contributed by atoms with Crippen LogP contribution in [0.2, 0.25) is 0 Å². The van der Waals surface area contributed by atoms with Gasteiger partial charge in [0.15, 0.2) is 11.5 Å². The standard InChI is InChI=1S/C27H29N3O7S/c1-30-25(31)27(29-26(30)28,19-8-10-21(11-9-19)37-38(32,33)15-14-34-2)20-7-5-6-18(16-20)23-17-22(35-3)12-13-24(23)36-4/h5-13,16-17H,14-15H2,1-4H3,(H2,28,29). The molecule has 1 atom stereocenters. The molecule has 3 aromatic rings. The smallest absolute Gasteiger partial charge is 0.311 e. The molecular formula is C27H29N3O7S. The lowest BCUT2D eigenvalue weighted by Gasteiger charge is -2.27. The first-order chi connectivity index (χ1) is 18.1. The first-order valence-electron chi connectivity index (χ1n) is 11.6. The van der Waals surface area contributed by atoms with Crippen molar-refractivity contribution in [3.05, 3.63) is 77.9 Å². The highest BCUT2D eigenvalue weighted by Crippen LogP contribution is 2.42. The average molecular weight is 540 g/mol. The summed E-state index contributed by atoms with van der Waals surface area (Å²) in [5, 5.41) is 0. The number of benzene rings is 3. The predicted octanol–water partition coefficient (Wildman–Crippen LogP) is 2.76. The van der Waals surface area contributed by atoms with Crippen LogP contribution in [0, 0.1) is 0 Å². The van der Waals surface area contributed by atoms with Crippen molar-refractivity contribution in [2.75, 3.05) is 40.7 Å². The van der Waals surface area contributed by atoms with Crippen LogP contribution in [-0.4, -0.2) is 65.9 Å². The van der Waals surface area contributed by atoms with E-state index in [1.165, 1.54) is 24.1 Å². The van der Waals surface area contributed by atoms with Crippen LogP contribution in [0.1, 0.15) is 11.1 Å². The van der Waals surface area contributed by atoms with E-state index in [9.17, 15) is 13.2 Å². The third-order valence-electron chi connectivity index (χ3n) is 6.27. The molecule has 1 heterocycles. The second kappa shape index (κ2) is 10.7. The van der Waals surface area contributed by atoms with E-state index < -0.39 is 15.7 Å². The molecule has 1 amide bonds. The van der Waals surface area contributed by atoms with Gasteiger partial charge in [0, 0.05) is 19.7 Å². The molecule has 0 aliphatic carbocycles. The number of ether oxygens (including phenoxy) is 3. The SMILES string of the molecule is COCCS(=O)(=O)Oc1ccc(C2(c3cccc(-c4cc(OC)ccc4OC)c3)N=C(N)N(C)C2=O)cc1. The van der Waals surface area contributed by atoms with E-state index in [4.69, 9.17) is 24.1 Å². The summed E-state index contributed by atoms with van der Waals surface area (Å²) >= 11 is 0. The molecule has 0 saturated heterocycles. The zero-order valence-corrected chi connectivity index (χ0v) is 22.3. The summed E-state index contributed by atoms with van der Waals surface area (Å²) in [6.07, 6.45) is 0. The van der Waals surface area contributed by atoms with Crippen LogP contribution in [0.4, 0.5) is 0 Å². The van der Waals surface area contributed by atoms with Gasteiger partial charge in [-0.15, -0.1) is 0 Å². The summed E-state index contributed by atoms with van der Waals surface area (Å²) in [6, 6.07) is 19.0. The fraction of sp³-hybridized carbons (Fsp3) is 0.259. The number of nitrogens with zero attached hydrogens (tertiary/aromatic N) is 2. The van der Waals surface area contributed by atoms with Crippen molar-refractivity contribution < 1.29 is 31.6 Å². The summed E-state index contributed by atoms with van der Waals surface area (Å²) < 4.78 is 45.3. The number of likely N-dealkylation sites (N-methyl/N-ethyl adjacent to an activating group) is 1. The van der Waals surface area contributed by atoms with Crippen LogP contribution < -0.4 is 19.4 Å². The van der Waals surface area contributed by atoms with Crippen LogP contribution in [0.3, 0.4) is 0 Å². The molecule has 11 heteroatoms. The van der Waals surface area contributed by atoms with E-state index in [1.54, 1.807) is 51.6 Å². The Morgan fingerprint density at radius 3 is 2.24 bits per heavy atom. The van der Waals surface area contributed by atoms with Gasteiger partial charge in [0.2, 0.25) is 0 Å². The van der Waals surface area contributed by atoms with Gasteiger partial charge in [0.25, 0.3) is 5.91 Å². The lowest BCUT2D eigenvalue weighted by atomic mass is 9.81. The van der Waals surface area contributed by atoms with Gasteiger partial charge >= 0.3 is 10.1 Å². The molecule has 1 aliphatic rings. The molecule has 1 unspecified atom stereocenters. The van der Waals surface area contributed by atoms with Gasteiger partial charge in [0.1, 0.15) is 23.0 Å². The normalized spacial score (nSPS) is 17.3. The van der Waals surface area contributed by atoms with Crippen LogP contribution in [0.15, 0.2) is 71.7 Å². The third kappa shape index (κ3) is 5.02. The predicted molar refractivity (Wildman–Crippen MR) is 143 cm³/mol. The van der Waals surface area contributed by atoms with Gasteiger partial charge in [0.05, 0.1) is 20.8 Å². The Labute approximate surface area is 221 Å². The summed E-state index contributed by atoms with van der Waals surface area (Å²) in [4.78, 5) is 19.6. The number of methoxy groups -OCH3 is 3. The Bertz CT molecular complexity index is 1470. The minimum atomic E-state index is -3.84. The molecule has 0 fully saturated rings. The Balaban J connectivity index is 1.81. The summed E-state index contributed by atoms with van der Waals surface area (Å²) in [6.45, 7) is 0.00672. The highest BCUT2D eigenvalue weighted by atomic mass is 32.2. The molecule has 0 spiro atoms. The van der Waals surface area contributed by atoms with E-state index in [1.807, 2.05) is 24.3 Å². The van der Waals surface area contributed by atoms with Crippen molar-refractivity contribution in [2.24, 2.45) is 10.7 Å². The number of nitrogens with two attached hydrogens (primary N) is 1. The first-order valence-corrected chi connectivity index (χ1v) is 13.2. The maximum atomic E-state index is 13.7. The van der Waals surface area contributed by atoms with Crippen LogP contribution in [0.25, 0.3) is 11.1 Å². The average Bonchev–Trinajstić information content (AvgIpc) is 3.16. The number of carbonyl (C=O) groups is 1. The summed E-state index contributed by atoms with van der Waals surface area (Å²) in [5.41, 5.74) is 7.23. The molecule has 1 aliphatic heterocycles. The molecule has 0 radical (unpaired) electrons. The molecule has 0 aromatic heterocycles. The van der Waals surface area contributed by atoms with Gasteiger partial charge in [-0.2, -0.15) is 8.42 Å². The highest BCUT2D eigenvalue weighted by Gasteiger charge is 2.49. The second-order valence-electron chi connectivity index (χ2n) is 8.55. The lowest BCUT2D eigenvalue weighted by Crippen LogP contribution is -2.41. The Morgan fingerprint density at radius 1 is 0.921 bits per heavy atom. The molecule has 200 valence electrons. The Morgan fingerprint density at radius 2 is 1.63 bits per heavy atom. The first kappa shape index (κ1) is 27.0. The number of rotatable bonds is 10. The molecular weight excluding hydrogens is 510 g/mol. The number of aliphatic imine (C=N–C) groups is 1. The maximum Gasteiger partial charge on any atom is 0.311 e. The molecule has 38 heavy (non-hydrogen) atoms. The van der Waals surface area contributed by atoms with E-state index in [2.05, 4.69) is 4.99 Å². The third-order valence-corrected chi connectivity index (χ3v) is 7.38. The van der Waals surface area contributed by atoms with E-state index in [-0.39, 0.29) is 30.0 Å². The topological polar surface area (TPSA) is 130 Å². The maximum absolute atomic E-state index is 13.7. The molecule has 3 aromatic carbocycles. The zero-order valence-electron chi connectivity index (χ0n) is 21.5. The van der Waals surface area contributed by atoms with Crippen molar-refractivity contribution in [1.82, 2.24) is 4.90 Å². The monoisotopic (exact) mass is 539 g/mol. The largest absolute Gasteiger partial charge is 0.497 e. The number of carbonyl (C=O) groups excluding carboxylic acids is 1. The number of amides is 1. The van der Waals surface area contributed by atoms with Crippen molar-refractivity contribution >= 4 is 22.0 Å². The van der Waals surface area contributed by atoms with E-state index >= 15 is 0 Å². The number of hydrogen-bond acceptors (Lipinski definition) is 9. The molecule has 2 N–H and O–H groups in total. The Kier molecular flexibility index (Phi) is 7.61. The zero-order chi connectivity index (χ0) is 27.5. The van der Waals surface area contributed by atoms with Crippen LogP contribution in [-0.2, 0) is 25.2 Å². The fourth-order valence-corrected chi connectivity index (χ4v) is 5.12. The quantitative estimate of drug-likeness (QED) is 0.390. The summed E-state index contributed by atoms with van der Waals surface area (Å²) in [5.74, 6) is 0.792. The fourth-order valence-electron chi connectivity index (χ4n) is 4.26. The van der Waals surface area contributed by atoms with Gasteiger partial charge in [-0.25, -0.2) is 4.99 Å². The van der Waals surface area contributed by atoms with E-state index in [0.29, 0.717) is 22.6 Å². The lowest BCUT2D eigenvalue weighted by molar-refractivity contribution is -0.129. The molecule has 4 rings (SSSR count). The molecule has 10 nitrogen and oxygen atoms in total. The van der Waals surface area contributed by atoms with Crippen LogP contribution in [0.5, 0.6) is 17.2 Å². The Hall–Kier alpha value is -4.09. The van der Waals surface area contributed by atoms with Crippen molar-refractivity contribution in [2.45, 2.75) is 5.54 Å². The van der Waals surface area contributed by atoms with Gasteiger partial charge in [-0.1, -0.05) is 30.3 Å². The van der Waals surface area contributed by atoms with Gasteiger partial charge in [-0.05, 0) is 53.1 Å². The van der Waals surface area contributed by atoms with E-state index in [0.717, 1.165) is 11.1 Å². The number of guanidine groups is 1. The molecule has 0 bridgehead atoms. The second-order valence-corrected chi connectivity index (χ2v) is 10.2. The summed E-state index contributed by atoms with van der Waals surface area (Å²) in [7, 11) is 2.28. The molecule has 0 saturated carbocycles. The highest BCUT2D eigenvalue weighted by molar-refractivity contribution is 7.87. The van der Waals surface area contributed by atoms with Gasteiger partial charge in [-0.3, -0.25) is 9.69 Å². The minimum Gasteiger partial charge on any atom is -0.497 e. The minimum absolute atomic E-state index is 0.00672. The van der Waals surface area contributed by atoms with Gasteiger partial charge < -0.3 is 24.1 Å². The van der Waals surface area contributed by atoms with Crippen molar-refractivity contribution in [3.63, 3.8) is 0 Å². The van der Waals surface area contributed by atoms with Crippen molar-refractivity contribution in [1.29, 1.82) is 0 Å². The number of hydrogen-bond donors (Lipinski definition) is 1.